The second kappa shape index (κ2) is 11.6. The molecule has 1 aromatic heterocycles. The fraction of sp³-hybridized carbons (Fsp3) is 0.600. The van der Waals surface area contributed by atoms with Crippen LogP contribution in [0.2, 0.25) is 0 Å². The highest BCUT2D eigenvalue weighted by atomic mass is 127. The minimum atomic E-state index is 0. The third-order valence-electron chi connectivity index (χ3n) is 2.87. The Bertz CT molecular complexity index is 420. The Morgan fingerprint density at radius 2 is 2.05 bits per heavy atom. The number of halogens is 1. The fourth-order valence-corrected chi connectivity index (χ4v) is 1.85. The molecular weight excluding hydrogens is 377 g/mol. The first-order valence-electron chi connectivity index (χ1n) is 7.32. The minimum Gasteiger partial charge on any atom is -0.362 e. The van der Waals surface area contributed by atoms with Gasteiger partial charge in [0.15, 0.2) is 5.96 Å². The number of guanidine groups is 1. The van der Waals surface area contributed by atoms with Gasteiger partial charge in [-0.1, -0.05) is 19.4 Å². The highest BCUT2D eigenvalue weighted by Gasteiger charge is 2.05. The van der Waals surface area contributed by atoms with Crippen LogP contribution in [0, 0.1) is 0 Å². The third-order valence-corrected chi connectivity index (χ3v) is 2.87. The van der Waals surface area contributed by atoms with E-state index in [1.165, 1.54) is 6.42 Å². The largest absolute Gasteiger partial charge is 0.362 e. The SMILES string of the molecule is CCCCNC(=NCc1cccnc1N(C)C)NCC.I. The number of nitrogens with one attached hydrogen (secondary N) is 2. The number of nitrogens with zero attached hydrogens (tertiary/aromatic N) is 3. The van der Waals surface area contributed by atoms with Gasteiger partial charge in [-0.15, -0.1) is 24.0 Å². The smallest absolute Gasteiger partial charge is 0.191 e. The topological polar surface area (TPSA) is 52.6 Å². The van der Waals surface area contributed by atoms with Crippen LogP contribution in [0.5, 0.6) is 0 Å². The number of aromatic nitrogens is 1. The maximum atomic E-state index is 4.63. The lowest BCUT2D eigenvalue weighted by Gasteiger charge is -2.15. The first-order valence-corrected chi connectivity index (χ1v) is 7.32. The van der Waals surface area contributed by atoms with E-state index in [9.17, 15) is 0 Å². The quantitative estimate of drug-likeness (QED) is 0.317. The van der Waals surface area contributed by atoms with E-state index < -0.39 is 0 Å². The number of pyridine rings is 1. The van der Waals surface area contributed by atoms with Crippen molar-refractivity contribution in [2.75, 3.05) is 32.1 Å². The number of unbranched alkanes of at least 4 members (excludes halogenated alkanes) is 1. The van der Waals surface area contributed by atoms with Crippen LogP contribution in [-0.4, -0.2) is 38.1 Å². The normalized spacial score (nSPS) is 10.8. The monoisotopic (exact) mass is 405 g/mol. The standard InChI is InChI=1S/C15H27N5.HI/c1-5-7-10-18-15(16-6-2)19-12-13-9-8-11-17-14(13)20(3)4;/h8-9,11H,5-7,10,12H2,1-4H3,(H2,16,18,19);1H. The second-order valence-electron chi connectivity index (χ2n) is 4.86. The zero-order chi connectivity index (χ0) is 14.8. The molecule has 2 N–H and O–H groups in total. The molecule has 120 valence electrons. The lowest BCUT2D eigenvalue weighted by molar-refractivity contribution is 0.730. The fourth-order valence-electron chi connectivity index (χ4n) is 1.85. The summed E-state index contributed by atoms with van der Waals surface area (Å²) in [4.78, 5) is 11.0. The van der Waals surface area contributed by atoms with Crippen LogP contribution in [0.25, 0.3) is 0 Å². The molecule has 0 unspecified atom stereocenters. The van der Waals surface area contributed by atoms with E-state index in [4.69, 9.17) is 0 Å². The number of hydrogen-bond acceptors (Lipinski definition) is 3. The Balaban J connectivity index is 0.00000400. The molecule has 21 heavy (non-hydrogen) atoms. The molecule has 0 radical (unpaired) electrons. The van der Waals surface area contributed by atoms with Crippen LogP contribution in [0.1, 0.15) is 32.3 Å². The van der Waals surface area contributed by atoms with Crippen molar-refractivity contribution in [1.29, 1.82) is 0 Å². The molecule has 0 aromatic carbocycles. The number of aliphatic imine (C=N–C) groups is 1. The van der Waals surface area contributed by atoms with Gasteiger partial charge in [0, 0.05) is 38.9 Å². The van der Waals surface area contributed by atoms with E-state index in [2.05, 4.69) is 40.5 Å². The summed E-state index contributed by atoms with van der Waals surface area (Å²) < 4.78 is 0. The summed E-state index contributed by atoms with van der Waals surface area (Å²) in [5, 5.41) is 6.61. The van der Waals surface area contributed by atoms with Gasteiger partial charge in [0.25, 0.3) is 0 Å². The van der Waals surface area contributed by atoms with Gasteiger partial charge >= 0.3 is 0 Å². The van der Waals surface area contributed by atoms with Gasteiger partial charge in [-0.2, -0.15) is 0 Å². The van der Waals surface area contributed by atoms with E-state index in [1.54, 1.807) is 0 Å². The van der Waals surface area contributed by atoms with Gasteiger partial charge in [-0.3, -0.25) is 0 Å². The van der Waals surface area contributed by atoms with Crippen LogP contribution in [0.3, 0.4) is 0 Å². The first-order chi connectivity index (χ1) is 9.69. The number of hydrogen-bond donors (Lipinski definition) is 2. The van der Waals surface area contributed by atoms with Crippen molar-refractivity contribution < 1.29 is 0 Å². The zero-order valence-electron chi connectivity index (χ0n) is 13.5. The molecule has 0 aliphatic heterocycles. The Morgan fingerprint density at radius 1 is 1.29 bits per heavy atom. The molecule has 0 aliphatic carbocycles. The summed E-state index contributed by atoms with van der Waals surface area (Å²) in [6.45, 7) is 6.71. The van der Waals surface area contributed by atoms with Crippen LogP contribution in [0.15, 0.2) is 23.3 Å². The van der Waals surface area contributed by atoms with E-state index in [0.29, 0.717) is 6.54 Å². The molecule has 0 fully saturated rings. The predicted octanol–water partition coefficient (Wildman–Crippen LogP) is 2.62. The Kier molecular flexibility index (Phi) is 11.0. The molecule has 0 atom stereocenters. The highest BCUT2D eigenvalue weighted by molar-refractivity contribution is 14.0. The molecular formula is C15H28IN5. The van der Waals surface area contributed by atoms with Crippen molar-refractivity contribution >= 4 is 35.8 Å². The van der Waals surface area contributed by atoms with Gasteiger partial charge in [-0.25, -0.2) is 9.98 Å². The van der Waals surface area contributed by atoms with Crippen molar-refractivity contribution in [3.05, 3.63) is 23.9 Å². The van der Waals surface area contributed by atoms with Crippen molar-refractivity contribution in [1.82, 2.24) is 15.6 Å². The zero-order valence-corrected chi connectivity index (χ0v) is 15.8. The maximum absolute atomic E-state index is 4.63. The average molecular weight is 405 g/mol. The Hall–Kier alpha value is -1.05. The molecule has 0 amide bonds. The second-order valence-corrected chi connectivity index (χ2v) is 4.86. The summed E-state index contributed by atoms with van der Waals surface area (Å²) in [6, 6.07) is 4.02. The lowest BCUT2D eigenvalue weighted by atomic mass is 10.2. The van der Waals surface area contributed by atoms with E-state index in [-0.39, 0.29) is 24.0 Å². The van der Waals surface area contributed by atoms with Gasteiger partial charge < -0.3 is 15.5 Å². The van der Waals surface area contributed by atoms with Crippen LogP contribution >= 0.6 is 24.0 Å². The van der Waals surface area contributed by atoms with Crippen molar-refractivity contribution in [2.45, 2.75) is 33.2 Å². The van der Waals surface area contributed by atoms with Gasteiger partial charge in [0.1, 0.15) is 5.82 Å². The molecule has 0 spiro atoms. The summed E-state index contributed by atoms with van der Waals surface area (Å²) in [7, 11) is 4.00. The third kappa shape index (κ3) is 7.50. The molecule has 1 aromatic rings. The minimum absolute atomic E-state index is 0. The van der Waals surface area contributed by atoms with Crippen molar-refractivity contribution in [3.63, 3.8) is 0 Å². The van der Waals surface area contributed by atoms with E-state index >= 15 is 0 Å². The number of rotatable bonds is 7. The molecule has 0 saturated carbocycles. The average Bonchev–Trinajstić information content (AvgIpc) is 2.45. The summed E-state index contributed by atoms with van der Waals surface area (Å²) in [5.41, 5.74) is 1.13. The predicted molar refractivity (Wildman–Crippen MR) is 102 cm³/mol. The van der Waals surface area contributed by atoms with E-state index in [1.807, 2.05) is 31.3 Å². The van der Waals surface area contributed by atoms with Gasteiger partial charge in [-0.05, 0) is 19.4 Å². The van der Waals surface area contributed by atoms with Gasteiger partial charge in [0.2, 0.25) is 0 Å². The van der Waals surface area contributed by atoms with Crippen LogP contribution < -0.4 is 15.5 Å². The van der Waals surface area contributed by atoms with Crippen molar-refractivity contribution in [2.24, 2.45) is 4.99 Å². The molecule has 1 rings (SSSR count). The summed E-state index contributed by atoms with van der Waals surface area (Å²) >= 11 is 0. The van der Waals surface area contributed by atoms with E-state index in [0.717, 1.165) is 36.9 Å². The maximum Gasteiger partial charge on any atom is 0.191 e. The van der Waals surface area contributed by atoms with Gasteiger partial charge in [0.05, 0.1) is 6.54 Å². The molecule has 0 bridgehead atoms. The molecule has 0 aliphatic rings. The number of anilines is 1. The Labute approximate surface area is 145 Å². The summed E-state index contributed by atoms with van der Waals surface area (Å²) in [5.74, 6) is 1.84. The first kappa shape index (κ1) is 19.9. The lowest BCUT2D eigenvalue weighted by Crippen LogP contribution is -2.37. The molecule has 0 saturated heterocycles. The van der Waals surface area contributed by atoms with Crippen molar-refractivity contribution in [3.8, 4) is 0 Å². The van der Waals surface area contributed by atoms with Crippen LogP contribution in [0.4, 0.5) is 5.82 Å². The molecule has 6 heteroatoms. The molecule has 5 nitrogen and oxygen atoms in total. The van der Waals surface area contributed by atoms with Crippen LogP contribution in [-0.2, 0) is 6.54 Å². The highest BCUT2D eigenvalue weighted by Crippen LogP contribution is 2.15. The summed E-state index contributed by atoms with van der Waals surface area (Å²) in [6.07, 6.45) is 4.15. The Morgan fingerprint density at radius 3 is 2.67 bits per heavy atom. The molecule has 1 heterocycles.